The summed E-state index contributed by atoms with van der Waals surface area (Å²) in [5.41, 5.74) is 5.07. The summed E-state index contributed by atoms with van der Waals surface area (Å²) < 4.78 is 13.6. The predicted molar refractivity (Wildman–Crippen MR) is 63.9 cm³/mol. The molecule has 1 aliphatic carbocycles. The van der Waals surface area contributed by atoms with Gasteiger partial charge in [-0.25, -0.2) is 4.39 Å². The third-order valence-corrected chi connectivity index (χ3v) is 3.15. The van der Waals surface area contributed by atoms with E-state index in [1.165, 1.54) is 6.07 Å². The van der Waals surface area contributed by atoms with Crippen LogP contribution in [-0.4, -0.2) is 17.5 Å². The van der Waals surface area contributed by atoms with Gasteiger partial charge in [0.1, 0.15) is 5.82 Å². The third-order valence-electron chi connectivity index (χ3n) is 3.15. The molecule has 1 amide bonds. The van der Waals surface area contributed by atoms with E-state index in [0.29, 0.717) is 11.6 Å². The molecule has 2 rings (SSSR count). The topological polar surface area (TPSA) is 55.1 Å². The number of halogens is 1. The minimum absolute atomic E-state index is 0.283. The van der Waals surface area contributed by atoms with E-state index in [-0.39, 0.29) is 12.2 Å². The van der Waals surface area contributed by atoms with Crippen molar-refractivity contribution < 1.29 is 9.18 Å². The van der Waals surface area contributed by atoms with Crippen LogP contribution in [0.25, 0.3) is 0 Å². The standard InChI is InChI=1S/C13H17FN2O/c1-13(12(15)17,16-10-6-7-10)8-9-4-2-3-5-11(9)14/h2-5,10,16H,6-8H2,1H3,(H2,15,17). The zero-order valence-electron chi connectivity index (χ0n) is 9.87. The van der Waals surface area contributed by atoms with Crippen molar-refractivity contribution in [2.45, 2.75) is 37.8 Å². The first-order valence-electron chi connectivity index (χ1n) is 5.82. The molecule has 17 heavy (non-hydrogen) atoms. The second kappa shape index (κ2) is 4.45. The number of hydrogen-bond donors (Lipinski definition) is 2. The Balaban J connectivity index is 2.17. The van der Waals surface area contributed by atoms with Gasteiger partial charge in [-0.05, 0) is 31.4 Å². The summed E-state index contributed by atoms with van der Waals surface area (Å²) in [5, 5.41) is 3.20. The Hall–Kier alpha value is -1.42. The van der Waals surface area contributed by atoms with Gasteiger partial charge in [0.2, 0.25) is 5.91 Å². The molecule has 1 aliphatic rings. The van der Waals surface area contributed by atoms with Crippen molar-refractivity contribution in [2.75, 3.05) is 0 Å². The third kappa shape index (κ3) is 2.82. The molecule has 3 N–H and O–H groups in total. The summed E-state index contributed by atoms with van der Waals surface area (Å²) in [4.78, 5) is 11.5. The highest BCUT2D eigenvalue weighted by atomic mass is 19.1. The van der Waals surface area contributed by atoms with E-state index in [2.05, 4.69) is 5.32 Å². The van der Waals surface area contributed by atoms with Crippen LogP contribution < -0.4 is 11.1 Å². The first kappa shape index (κ1) is 12.0. The Morgan fingerprint density at radius 1 is 1.53 bits per heavy atom. The second-order valence-electron chi connectivity index (χ2n) is 4.88. The van der Waals surface area contributed by atoms with Gasteiger partial charge in [0.05, 0.1) is 5.54 Å². The van der Waals surface area contributed by atoms with E-state index in [1.54, 1.807) is 25.1 Å². The van der Waals surface area contributed by atoms with Crippen molar-refractivity contribution in [3.63, 3.8) is 0 Å². The Labute approximate surface area is 100 Å². The fourth-order valence-corrected chi connectivity index (χ4v) is 1.91. The fourth-order valence-electron chi connectivity index (χ4n) is 1.91. The molecule has 1 unspecified atom stereocenters. The summed E-state index contributed by atoms with van der Waals surface area (Å²) in [5.74, 6) is -0.731. The van der Waals surface area contributed by atoms with Crippen molar-refractivity contribution in [1.82, 2.24) is 5.32 Å². The molecule has 0 radical (unpaired) electrons. The van der Waals surface area contributed by atoms with Crippen LogP contribution in [0.3, 0.4) is 0 Å². The van der Waals surface area contributed by atoms with Crippen LogP contribution >= 0.6 is 0 Å². The smallest absolute Gasteiger partial charge is 0.237 e. The van der Waals surface area contributed by atoms with E-state index in [0.717, 1.165) is 12.8 Å². The van der Waals surface area contributed by atoms with Crippen LogP contribution in [0.4, 0.5) is 4.39 Å². The quantitative estimate of drug-likeness (QED) is 0.811. The van der Waals surface area contributed by atoms with Crippen LogP contribution in [0, 0.1) is 5.82 Å². The van der Waals surface area contributed by atoms with Crippen LogP contribution in [0.1, 0.15) is 25.3 Å². The molecule has 0 bridgehead atoms. The monoisotopic (exact) mass is 236 g/mol. The number of carbonyl (C=O) groups excluding carboxylic acids is 1. The van der Waals surface area contributed by atoms with Crippen molar-refractivity contribution in [2.24, 2.45) is 5.73 Å². The number of primary amides is 1. The highest BCUT2D eigenvalue weighted by Gasteiger charge is 2.37. The molecule has 1 atom stereocenters. The molecule has 92 valence electrons. The SMILES string of the molecule is CC(Cc1ccccc1F)(NC1CC1)C(N)=O. The lowest BCUT2D eigenvalue weighted by molar-refractivity contribution is -0.123. The Morgan fingerprint density at radius 3 is 2.71 bits per heavy atom. The van der Waals surface area contributed by atoms with Crippen molar-refractivity contribution in [3.8, 4) is 0 Å². The summed E-state index contributed by atoms with van der Waals surface area (Å²) in [6.07, 6.45) is 2.39. The molecule has 0 aromatic heterocycles. The summed E-state index contributed by atoms with van der Waals surface area (Å²) in [7, 11) is 0. The average molecular weight is 236 g/mol. The normalized spacial score (nSPS) is 18.7. The van der Waals surface area contributed by atoms with Gasteiger partial charge in [0.25, 0.3) is 0 Å². The first-order chi connectivity index (χ1) is 8.01. The van der Waals surface area contributed by atoms with Gasteiger partial charge in [-0.1, -0.05) is 18.2 Å². The van der Waals surface area contributed by atoms with Crippen molar-refractivity contribution >= 4 is 5.91 Å². The highest BCUT2D eigenvalue weighted by molar-refractivity contribution is 5.84. The molecule has 0 aliphatic heterocycles. The maximum Gasteiger partial charge on any atom is 0.237 e. The van der Waals surface area contributed by atoms with Gasteiger partial charge in [-0.2, -0.15) is 0 Å². The lowest BCUT2D eigenvalue weighted by Crippen LogP contribution is -2.55. The molecule has 0 spiro atoms. The predicted octanol–water partition coefficient (Wildman–Crippen LogP) is 1.36. The Morgan fingerprint density at radius 2 is 2.18 bits per heavy atom. The van der Waals surface area contributed by atoms with E-state index in [4.69, 9.17) is 5.73 Å². The van der Waals surface area contributed by atoms with E-state index in [1.807, 2.05) is 0 Å². The number of nitrogens with two attached hydrogens (primary N) is 1. The van der Waals surface area contributed by atoms with E-state index < -0.39 is 11.4 Å². The number of benzene rings is 1. The summed E-state index contributed by atoms with van der Waals surface area (Å²) in [6, 6.07) is 6.82. The highest BCUT2D eigenvalue weighted by Crippen LogP contribution is 2.25. The van der Waals surface area contributed by atoms with E-state index in [9.17, 15) is 9.18 Å². The Bertz CT molecular complexity index is 431. The number of hydrogen-bond acceptors (Lipinski definition) is 2. The van der Waals surface area contributed by atoms with Gasteiger partial charge >= 0.3 is 0 Å². The molecule has 1 aromatic carbocycles. The van der Waals surface area contributed by atoms with Crippen LogP contribution in [0.2, 0.25) is 0 Å². The number of nitrogens with one attached hydrogen (secondary N) is 1. The number of rotatable bonds is 5. The zero-order chi connectivity index (χ0) is 12.5. The lowest BCUT2D eigenvalue weighted by atomic mass is 9.91. The van der Waals surface area contributed by atoms with Crippen molar-refractivity contribution in [3.05, 3.63) is 35.6 Å². The average Bonchev–Trinajstić information content (AvgIpc) is 3.05. The molecular weight excluding hydrogens is 219 g/mol. The minimum Gasteiger partial charge on any atom is -0.368 e. The first-order valence-corrected chi connectivity index (χ1v) is 5.82. The van der Waals surface area contributed by atoms with Gasteiger partial charge in [0, 0.05) is 12.5 Å². The van der Waals surface area contributed by atoms with E-state index >= 15 is 0 Å². The molecule has 3 nitrogen and oxygen atoms in total. The maximum absolute atomic E-state index is 13.6. The Kier molecular flexibility index (Phi) is 3.15. The van der Waals surface area contributed by atoms with Gasteiger partial charge in [0.15, 0.2) is 0 Å². The summed E-state index contributed by atoms with van der Waals surface area (Å²) in [6.45, 7) is 1.74. The number of carbonyl (C=O) groups is 1. The number of amides is 1. The fraction of sp³-hybridized carbons (Fsp3) is 0.462. The minimum atomic E-state index is -0.872. The van der Waals surface area contributed by atoms with Crippen LogP contribution in [0.15, 0.2) is 24.3 Å². The molecule has 0 saturated heterocycles. The van der Waals surface area contributed by atoms with Crippen molar-refractivity contribution in [1.29, 1.82) is 0 Å². The largest absolute Gasteiger partial charge is 0.368 e. The van der Waals surface area contributed by atoms with Gasteiger partial charge < -0.3 is 11.1 Å². The van der Waals surface area contributed by atoms with Crippen LogP contribution in [0.5, 0.6) is 0 Å². The molecule has 1 aromatic rings. The summed E-state index contributed by atoms with van der Waals surface area (Å²) >= 11 is 0. The van der Waals surface area contributed by atoms with Gasteiger partial charge in [-0.15, -0.1) is 0 Å². The molecule has 1 fully saturated rings. The maximum atomic E-state index is 13.6. The lowest BCUT2D eigenvalue weighted by Gasteiger charge is -2.28. The van der Waals surface area contributed by atoms with Gasteiger partial charge in [-0.3, -0.25) is 4.79 Å². The zero-order valence-corrected chi connectivity index (χ0v) is 9.87. The van der Waals surface area contributed by atoms with Crippen LogP contribution in [-0.2, 0) is 11.2 Å². The molecule has 0 heterocycles. The molecular formula is C13H17FN2O. The molecule has 4 heteroatoms. The molecule has 1 saturated carbocycles. The second-order valence-corrected chi connectivity index (χ2v) is 4.88.